The number of hydrogen-bond acceptors (Lipinski definition) is 3. The molecule has 3 nitrogen and oxygen atoms in total. The molecule has 0 spiro atoms. The van der Waals surface area contributed by atoms with Crippen LogP contribution >= 0.6 is 0 Å². The first-order valence-corrected chi connectivity index (χ1v) is 2.53. The van der Waals surface area contributed by atoms with Crippen LogP contribution in [0.25, 0.3) is 0 Å². The van der Waals surface area contributed by atoms with Gasteiger partial charge in [0.1, 0.15) is 0 Å². The summed E-state index contributed by atoms with van der Waals surface area (Å²) in [5.41, 5.74) is 11.0. The molecule has 48 valence electrons. The summed E-state index contributed by atoms with van der Waals surface area (Å²) in [5, 5.41) is 10.6. The van der Waals surface area contributed by atoms with Gasteiger partial charge in [-0.15, -0.1) is 0 Å². The van der Waals surface area contributed by atoms with Gasteiger partial charge in [-0.2, -0.15) is 0 Å². The van der Waals surface area contributed by atoms with Crippen molar-refractivity contribution in [3.63, 3.8) is 0 Å². The van der Waals surface area contributed by atoms with E-state index < -0.39 is 0 Å². The van der Waals surface area contributed by atoms with Crippen molar-refractivity contribution in [2.75, 3.05) is 11.5 Å². The molecule has 0 fully saturated rings. The third-order valence-corrected chi connectivity index (χ3v) is 1.10. The molecule has 0 heterocycles. The number of para-hydroxylation sites is 1. The standard InChI is InChI=1S/C6H8N2O.Na/c7-4-2-1-3-5(9)6(4)8;/h1-3,9H,7-8H2;/q;+1/p-1. The molecule has 0 saturated carbocycles. The van der Waals surface area contributed by atoms with Crippen molar-refractivity contribution >= 4 is 11.4 Å². The van der Waals surface area contributed by atoms with Crippen LogP contribution in [0, 0.1) is 0 Å². The molecule has 10 heavy (non-hydrogen) atoms. The van der Waals surface area contributed by atoms with E-state index in [4.69, 9.17) is 11.5 Å². The van der Waals surface area contributed by atoms with Crippen molar-refractivity contribution in [1.29, 1.82) is 0 Å². The van der Waals surface area contributed by atoms with E-state index in [-0.39, 0.29) is 41.0 Å². The third kappa shape index (κ3) is 1.80. The van der Waals surface area contributed by atoms with E-state index in [2.05, 4.69) is 0 Å². The maximum Gasteiger partial charge on any atom is 1.00 e. The van der Waals surface area contributed by atoms with Gasteiger partial charge in [0, 0.05) is 5.69 Å². The number of nitrogen functional groups attached to an aromatic ring is 2. The van der Waals surface area contributed by atoms with Gasteiger partial charge in [0.05, 0.1) is 5.69 Å². The second-order valence-electron chi connectivity index (χ2n) is 1.76. The Kier molecular flexibility index (Phi) is 3.57. The molecule has 0 radical (unpaired) electrons. The van der Waals surface area contributed by atoms with Crippen LogP contribution in [0.4, 0.5) is 11.4 Å². The molecule has 4 N–H and O–H groups in total. The zero-order valence-electron chi connectivity index (χ0n) is 5.79. The molecule has 1 aromatic rings. The van der Waals surface area contributed by atoms with Gasteiger partial charge >= 0.3 is 29.6 Å². The van der Waals surface area contributed by atoms with E-state index in [0.29, 0.717) is 5.69 Å². The van der Waals surface area contributed by atoms with Crippen LogP contribution in [0.3, 0.4) is 0 Å². The van der Waals surface area contributed by atoms with Gasteiger partial charge in [-0.3, -0.25) is 0 Å². The smallest absolute Gasteiger partial charge is 0.871 e. The zero-order valence-corrected chi connectivity index (χ0v) is 7.79. The molecule has 0 aliphatic heterocycles. The van der Waals surface area contributed by atoms with Gasteiger partial charge in [0.2, 0.25) is 0 Å². The van der Waals surface area contributed by atoms with Crippen LogP contribution in [0.15, 0.2) is 18.2 Å². The normalized spacial score (nSPS) is 8.40. The quantitative estimate of drug-likeness (QED) is 0.301. The number of anilines is 2. The van der Waals surface area contributed by atoms with Crippen molar-refractivity contribution in [1.82, 2.24) is 0 Å². The fourth-order valence-corrected chi connectivity index (χ4v) is 0.561. The number of rotatable bonds is 0. The van der Waals surface area contributed by atoms with Gasteiger partial charge in [-0.1, -0.05) is 17.9 Å². The van der Waals surface area contributed by atoms with Crippen molar-refractivity contribution in [2.24, 2.45) is 0 Å². The summed E-state index contributed by atoms with van der Waals surface area (Å²) in [5.74, 6) is -0.213. The van der Waals surface area contributed by atoms with E-state index in [9.17, 15) is 5.11 Å². The van der Waals surface area contributed by atoms with E-state index in [1.165, 1.54) is 6.07 Å². The molecule has 0 aliphatic rings. The third-order valence-electron chi connectivity index (χ3n) is 1.10. The molecule has 4 heteroatoms. The predicted molar refractivity (Wildman–Crippen MR) is 34.7 cm³/mol. The predicted octanol–water partition coefficient (Wildman–Crippen LogP) is -3.07. The van der Waals surface area contributed by atoms with Gasteiger partial charge < -0.3 is 16.6 Å². The molecule has 1 aromatic carbocycles. The van der Waals surface area contributed by atoms with Crippen LogP contribution in [-0.4, -0.2) is 0 Å². The maximum atomic E-state index is 10.6. The molecule has 0 atom stereocenters. The van der Waals surface area contributed by atoms with Gasteiger partial charge in [-0.05, 0) is 6.07 Å². The van der Waals surface area contributed by atoms with Crippen LogP contribution in [-0.2, 0) is 0 Å². The van der Waals surface area contributed by atoms with Crippen LogP contribution in [0.5, 0.6) is 5.75 Å². The molecule has 1 rings (SSSR count). The summed E-state index contributed by atoms with van der Waals surface area (Å²) < 4.78 is 0. The number of benzene rings is 1. The summed E-state index contributed by atoms with van der Waals surface area (Å²) in [7, 11) is 0. The summed E-state index contributed by atoms with van der Waals surface area (Å²) in [6, 6.07) is 4.55. The molecule has 0 amide bonds. The first-order chi connectivity index (χ1) is 4.22. The second kappa shape index (κ2) is 3.71. The molecule has 0 bridgehead atoms. The first kappa shape index (κ1) is 9.62. The molecule has 0 aromatic heterocycles. The Morgan fingerprint density at radius 1 is 1.20 bits per heavy atom. The maximum absolute atomic E-state index is 10.6. The number of nitrogens with two attached hydrogens (primary N) is 2. The Labute approximate surface area is 81.3 Å². The van der Waals surface area contributed by atoms with E-state index >= 15 is 0 Å². The molecular formula is C6H7N2NaO. The Morgan fingerprint density at radius 3 is 2.20 bits per heavy atom. The Bertz CT molecular complexity index is 207. The average Bonchev–Trinajstić information content (AvgIpc) is 1.83. The molecule has 0 saturated heterocycles. The minimum absolute atomic E-state index is 0. The molecule has 0 unspecified atom stereocenters. The first-order valence-electron chi connectivity index (χ1n) is 2.53. The van der Waals surface area contributed by atoms with Crippen LogP contribution < -0.4 is 46.1 Å². The number of hydrogen-bond donors (Lipinski definition) is 2. The minimum Gasteiger partial charge on any atom is -0.871 e. The Hall–Kier alpha value is -0.380. The summed E-state index contributed by atoms with van der Waals surface area (Å²) in [6.07, 6.45) is 0. The topological polar surface area (TPSA) is 75.1 Å². The monoisotopic (exact) mass is 146 g/mol. The van der Waals surface area contributed by atoms with Gasteiger partial charge in [-0.25, -0.2) is 0 Å². The summed E-state index contributed by atoms with van der Waals surface area (Å²) in [4.78, 5) is 0. The fourth-order valence-electron chi connectivity index (χ4n) is 0.561. The summed E-state index contributed by atoms with van der Waals surface area (Å²) >= 11 is 0. The van der Waals surface area contributed by atoms with Crippen molar-refractivity contribution in [3.8, 4) is 5.75 Å². The molecular weight excluding hydrogens is 139 g/mol. The Morgan fingerprint density at radius 2 is 1.80 bits per heavy atom. The van der Waals surface area contributed by atoms with Crippen molar-refractivity contribution < 1.29 is 34.7 Å². The van der Waals surface area contributed by atoms with Crippen molar-refractivity contribution in [2.45, 2.75) is 0 Å². The summed E-state index contributed by atoms with van der Waals surface area (Å²) in [6.45, 7) is 0. The Balaban J connectivity index is 0.000000810. The average molecular weight is 146 g/mol. The molecule has 0 aliphatic carbocycles. The van der Waals surface area contributed by atoms with Gasteiger partial charge in [0.15, 0.2) is 0 Å². The van der Waals surface area contributed by atoms with Crippen LogP contribution in [0.1, 0.15) is 0 Å². The van der Waals surface area contributed by atoms with Gasteiger partial charge in [0.25, 0.3) is 0 Å². The zero-order chi connectivity index (χ0) is 6.85. The second-order valence-corrected chi connectivity index (χ2v) is 1.76. The minimum atomic E-state index is -0.213. The van der Waals surface area contributed by atoms with Crippen LogP contribution in [0.2, 0.25) is 0 Å². The van der Waals surface area contributed by atoms with Crippen molar-refractivity contribution in [3.05, 3.63) is 18.2 Å². The SMILES string of the molecule is Nc1cccc([O-])c1N.[Na+]. The largest absolute Gasteiger partial charge is 1.00 e. The van der Waals surface area contributed by atoms with E-state index in [1.54, 1.807) is 12.1 Å². The fraction of sp³-hybridized carbons (Fsp3) is 0. The van der Waals surface area contributed by atoms with E-state index in [1.807, 2.05) is 0 Å². The van der Waals surface area contributed by atoms with E-state index in [0.717, 1.165) is 0 Å².